The third kappa shape index (κ3) is 3.89. The molecule has 2 heterocycles. The van der Waals surface area contributed by atoms with Crippen molar-refractivity contribution in [2.45, 2.75) is 32.7 Å². The molecule has 2 aromatic rings. The number of benzene rings is 1. The number of nitrogens with one attached hydrogen (secondary N) is 1. The molecule has 1 aromatic heterocycles. The molecule has 3 rings (SSSR count). The van der Waals surface area contributed by atoms with Crippen molar-refractivity contribution in [3.8, 4) is 0 Å². The fourth-order valence-electron chi connectivity index (χ4n) is 2.93. The molecule has 0 bridgehead atoms. The van der Waals surface area contributed by atoms with E-state index in [4.69, 9.17) is 0 Å². The monoisotopic (exact) mass is 309 g/mol. The van der Waals surface area contributed by atoms with Gasteiger partial charge in [0.15, 0.2) is 0 Å². The summed E-state index contributed by atoms with van der Waals surface area (Å²) in [6.45, 7) is 4.75. The predicted molar refractivity (Wildman–Crippen MR) is 92.7 cm³/mol. The van der Waals surface area contributed by atoms with Crippen LogP contribution in [0.1, 0.15) is 40.9 Å². The maximum Gasteiger partial charge on any atom is 0.270 e. The fourth-order valence-corrected chi connectivity index (χ4v) is 2.93. The molecule has 0 saturated carbocycles. The molecule has 1 saturated heterocycles. The molecule has 0 radical (unpaired) electrons. The lowest BCUT2D eigenvalue weighted by molar-refractivity contribution is 0.0946. The zero-order valence-corrected chi connectivity index (χ0v) is 13.6. The van der Waals surface area contributed by atoms with Crippen molar-refractivity contribution in [3.05, 3.63) is 59.4 Å². The largest absolute Gasteiger partial charge is 0.370 e. The maximum atomic E-state index is 12.2. The van der Waals surface area contributed by atoms with Gasteiger partial charge in [-0.1, -0.05) is 24.3 Å². The highest BCUT2D eigenvalue weighted by Crippen LogP contribution is 2.18. The first-order chi connectivity index (χ1) is 11.2. The number of anilines is 1. The van der Waals surface area contributed by atoms with Crippen molar-refractivity contribution < 1.29 is 4.79 Å². The quantitative estimate of drug-likeness (QED) is 0.942. The summed E-state index contributed by atoms with van der Waals surface area (Å²) >= 11 is 0. The van der Waals surface area contributed by atoms with Gasteiger partial charge in [-0.15, -0.1) is 0 Å². The Labute approximate surface area is 137 Å². The van der Waals surface area contributed by atoms with Crippen LogP contribution in [0.5, 0.6) is 0 Å². The fraction of sp³-hybridized carbons (Fsp3) is 0.368. The summed E-state index contributed by atoms with van der Waals surface area (Å²) in [7, 11) is 0. The first-order valence-corrected chi connectivity index (χ1v) is 8.28. The van der Waals surface area contributed by atoms with Crippen LogP contribution in [0, 0.1) is 6.92 Å². The van der Waals surface area contributed by atoms with E-state index in [0.29, 0.717) is 12.2 Å². The SMILES string of the molecule is Cc1ccccc1CNC(=O)c1ccc(N2CCCCC2)cn1. The van der Waals surface area contributed by atoms with Crippen LogP contribution >= 0.6 is 0 Å². The number of aromatic nitrogens is 1. The summed E-state index contributed by atoms with van der Waals surface area (Å²) < 4.78 is 0. The second-order valence-corrected chi connectivity index (χ2v) is 6.06. The molecule has 4 heteroatoms. The molecule has 0 spiro atoms. The van der Waals surface area contributed by atoms with Gasteiger partial charge in [0.25, 0.3) is 5.91 Å². The van der Waals surface area contributed by atoms with Crippen LogP contribution in [-0.4, -0.2) is 24.0 Å². The van der Waals surface area contributed by atoms with Crippen molar-refractivity contribution in [3.63, 3.8) is 0 Å². The Morgan fingerprint density at radius 1 is 1.13 bits per heavy atom. The van der Waals surface area contributed by atoms with E-state index in [1.165, 1.54) is 24.8 Å². The maximum absolute atomic E-state index is 12.2. The van der Waals surface area contributed by atoms with E-state index in [-0.39, 0.29) is 5.91 Å². The smallest absolute Gasteiger partial charge is 0.270 e. The van der Waals surface area contributed by atoms with Crippen molar-refractivity contribution in [2.75, 3.05) is 18.0 Å². The minimum absolute atomic E-state index is 0.126. The lowest BCUT2D eigenvalue weighted by Crippen LogP contribution is -2.29. The number of hydrogen-bond acceptors (Lipinski definition) is 3. The van der Waals surface area contributed by atoms with E-state index in [0.717, 1.165) is 24.3 Å². The van der Waals surface area contributed by atoms with E-state index in [2.05, 4.69) is 15.2 Å². The highest BCUT2D eigenvalue weighted by molar-refractivity contribution is 5.92. The number of hydrogen-bond donors (Lipinski definition) is 1. The second-order valence-electron chi connectivity index (χ2n) is 6.06. The molecule has 0 aliphatic carbocycles. The van der Waals surface area contributed by atoms with Gasteiger partial charge >= 0.3 is 0 Å². The number of nitrogens with zero attached hydrogens (tertiary/aromatic N) is 2. The molecule has 0 atom stereocenters. The molecule has 1 fully saturated rings. The van der Waals surface area contributed by atoms with Gasteiger partial charge in [-0.05, 0) is 49.4 Å². The zero-order valence-electron chi connectivity index (χ0n) is 13.6. The summed E-state index contributed by atoms with van der Waals surface area (Å²) in [5.74, 6) is -0.126. The van der Waals surface area contributed by atoms with Gasteiger partial charge in [0.05, 0.1) is 11.9 Å². The lowest BCUT2D eigenvalue weighted by Gasteiger charge is -2.28. The van der Waals surface area contributed by atoms with Gasteiger partial charge < -0.3 is 10.2 Å². The molecular weight excluding hydrogens is 286 g/mol. The van der Waals surface area contributed by atoms with Crippen LogP contribution < -0.4 is 10.2 Å². The zero-order chi connectivity index (χ0) is 16.1. The third-order valence-corrected chi connectivity index (χ3v) is 4.40. The number of pyridine rings is 1. The molecule has 120 valence electrons. The van der Waals surface area contributed by atoms with E-state index < -0.39 is 0 Å². The summed E-state index contributed by atoms with van der Waals surface area (Å²) in [4.78, 5) is 18.9. The molecular formula is C19H23N3O. The van der Waals surface area contributed by atoms with Crippen LogP contribution in [0.4, 0.5) is 5.69 Å². The van der Waals surface area contributed by atoms with Gasteiger partial charge in [-0.25, -0.2) is 4.98 Å². The number of carbonyl (C=O) groups excluding carboxylic acids is 1. The van der Waals surface area contributed by atoms with Crippen LogP contribution in [-0.2, 0) is 6.54 Å². The lowest BCUT2D eigenvalue weighted by atomic mass is 10.1. The van der Waals surface area contributed by atoms with Crippen molar-refractivity contribution in [1.29, 1.82) is 0 Å². The Balaban J connectivity index is 1.60. The third-order valence-electron chi connectivity index (χ3n) is 4.40. The summed E-state index contributed by atoms with van der Waals surface area (Å²) in [5, 5.41) is 2.94. The Bertz CT molecular complexity index is 661. The topological polar surface area (TPSA) is 45.2 Å². The number of piperidine rings is 1. The molecule has 1 amide bonds. The average Bonchev–Trinajstić information content (AvgIpc) is 2.62. The van der Waals surface area contributed by atoms with Crippen LogP contribution in [0.3, 0.4) is 0 Å². The second kappa shape index (κ2) is 7.27. The number of rotatable bonds is 4. The van der Waals surface area contributed by atoms with E-state index in [9.17, 15) is 4.79 Å². The van der Waals surface area contributed by atoms with Crippen molar-refractivity contribution in [2.24, 2.45) is 0 Å². The molecule has 1 aliphatic rings. The molecule has 1 N–H and O–H groups in total. The highest BCUT2D eigenvalue weighted by Gasteiger charge is 2.13. The minimum Gasteiger partial charge on any atom is -0.370 e. The molecule has 4 nitrogen and oxygen atoms in total. The summed E-state index contributed by atoms with van der Waals surface area (Å²) in [6.07, 6.45) is 5.59. The van der Waals surface area contributed by atoms with Crippen molar-refractivity contribution >= 4 is 11.6 Å². The molecule has 0 unspecified atom stereocenters. The van der Waals surface area contributed by atoms with Crippen molar-refractivity contribution in [1.82, 2.24) is 10.3 Å². The van der Waals surface area contributed by atoms with E-state index >= 15 is 0 Å². The molecule has 1 aliphatic heterocycles. The van der Waals surface area contributed by atoms with E-state index in [1.54, 1.807) is 0 Å². The Morgan fingerprint density at radius 2 is 1.91 bits per heavy atom. The molecule has 1 aromatic carbocycles. The average molecular weight is 309 g/mol. The minimum atomic E-state index is -0.126. The predicted octanol–water partition coefficient (Wildman–Crippen LogP) is 3.31. The highest BCUT2D eigenvalue weighted by atomic mass is 16.1. The van der Waals surface area contributed by atoms with Crippen LogP contribution in [0.25, 0.3) is 0 Å². The van der Waals surface area contributed by atoms with Gasteiger partial charge in [-0.3, -0.25) is 4.79 Å². The summed E-state index contributed by atoms with van der Waals surface area (Å²) in [5.41, 5.74) is 3.89. The summed E-state index contributed by atoms with van der Waals surface area (Å²) in [6, 6.07) is 11.9. The molecule has 23 heavy (non-hydrogen) atoms. The number of aryl methyl sites for hydroxylation is 1. The Hall–Kier alpha value is -2.36. The Kier molecular flexibility index (Phi) is 4.91. The first kappa shape index (κ1) is 15.5. The standard InChI is InChI=1S/C19H23N3O/c1-15-7-3-4-8-16(15)13-21-19(23)18-10-9-17(14-20-18)22-11-5-2-6-12-22/h3-4,7-10,14H,2,5-6,11-13H2,1H3,(H,21,23). The first-order valence-electron chi connectivity index (χ1n) is 8.28. The Morgan fingerprint density at radius 3 is 2.61 bits per heavy atom. The van der Waals surface area contributed by atoms with Crippen LogP contribution in [0.2, 0.25) is 0 Å². The number of carbonyl (C=O) groups is 1. The van der Waals surface area contributed by atoms with E-state index in [1.807, 2.05) is 49.5 Å². The van der Waals surface area contributed by atoms with Gasteiger partial charge in [0.1, 0.15) is 5.69 Å². The van der Waals surface area contributed by atoms with Gasteiger partial charge in [0.2, 0.25) is 0 Å². The van der Waals surface area contributed by atoms with Gasteiger partial charge in [0, 0.05) is 19.6 Å². The number of amides is 1. The van der Waals surface area contributed by atoms with Gasteiger partial charge in [-0.2, -0.15) is 0 Å². The normalized spacial score (nSPS) is 14.6. The van der Waals surface area contributed by atoms with Crippen LogP contribution in [0.15, 0.2) is 42.6 Å².